The summed E-state index contributed by atoms with van der Waals surface area (Å²) in [5, 5.41) is 8.08. The number of benzene rings is 1. The van der Waals surface area contributed by atoms with Gasteiger partial charge in [0.25, 0.3) is 0 Å². The van der Waals surface area contributed by atoms with E-state index in [-0.39, 0.29) is 15.6 Å². The zero-order chi connectivity index (χ0) is 25.4. The number of hydrogen-bond donors (Lipinski definition) is 2. The molecule has 4 heterocycles. The molecule has 0 radical (unpaired) electrons. The molecule has 1 fully saturated rings. The number of halogens is 3. The first-order chi connectivity index (χ1) is 17.3. The van der Waals surface area contributed by atoms with Gasteiger partial charge in [0, 0.05) is 55.8 Å². The number of nitrogens with one attached hydrogen (secondary N) is 1. The number of aromatic nitrogens is 4. The molecule has 1 aliphatic heterocycles. The largest absolute Gasteiger partial charge is 0.471 e. The molecule has 0 amide bonds. The minimum absolute atomic E-state index is 0.106. The summed E-state index contributed by atoms with van der Waals surface area (Å²) in [6.07, 6.45) is 3.50. The van der Waals surface area contributed by atoms with Crippen LogP contribution in [0.2, 0.25) is 10.0 Å². The number of anilines is 1. The molecule has 36 heavy (non-hydrogen) atoms. The van der Waals surface area contributed by atoms with Crippen molar-refractivity contribution in [3.05, 3.63) is 64.3 Å². The fourth-order valence-electron chi connectivity index (χ4n) is 4.10. The number of fused-ring (bicyclic) bond motifs is 1. The Hall–Kier alpha value is -2.83. The number of aromatic amines is 1. The van der Waals surface area contributed by atoms with E-state index in [9.17, 15) is 8.60 Å². The number of pyridine rings is 2. The Morgan fingerprint density at radius 2 is 1.92 bits per heavy atom. The van der Waals surface area contributed by atoms with Crippen molar-refractivity contribution < 1.29 is 13.3 Å². The van der Waals surface area contributed by atoms with Gasteiger partial charge in [-0.1, -0.05) is 23.2 Å². The van der Waals surface area contributed by atoms with E-state index in [0.29, 0.717) is 11.4 Å². The van der Waals surface area contributed by atoms with Crippen LogP contribution in [0.25, 0.3) is 22.2 Å². The highest BCUT2D eigenvalue weighted by atomic mass is 35.5. The standard InChI is InChI=1S/C23H22Cl2FN7O2S/c1-36(34)33-8-6-32(7-9-33)18-5-2-13(11-28-18)21-15-10-14(3-4-17(15)30-31-21)35-23(27)19-16(24)12-29-22(26)20(19)25/h2-5,10-12,23H,6-9,27H2,1H3,(H,30,31)/t23-,36?/m0/s1. The summed E-state index contributed by atoms with van der Waals surface area (Å²) in [5.74, 6) is 0.409. The van der Waals surface area contributed by atoms with E-state index >= 15 is 0 Å². The van der Waals surface area contributed by atoms with Crippen molar-refractivity contribution in [3.8, 4) is 17.0 Å². The predicted octanol–water partition coefficient (Wildman–Crippen LogP) is 3.92. The van der Waals surface area contributed by atoms with Crippen molar-refractivity contribution in [1.29, 1.82) is 0 Å². The Labute approximate surface area is 219 Å². The molecule has 0 bridgehead atoms. The third kappa shape index (κ3) is 4.89. The highest BCUT2D eigenvalue weighted by Gasteiger charge is 2.22. The Bertz CT molecular complexity index is 1430. The average Bonchev–Trinajstić information content (AvgIpc) is 3.30. The number of nitrogens with two attached hydrogens (primary N) is 1. The monoisotopic (exact) mass is 549 g/mol. The first-order valence-electron chi connectivity index (χ1n) is 11.0. The van der Waals surface area contributed by atoms with Gasteiger partial charge in [0.05, 0.1) is 27.1 Å². The normalized spacial score (nSPS) is 16.3. The number of H-pyrrole nitrogens is 1. The SMILES string of the molecule is CS(=O)N1CCN(c2ccc(-c3n[nH]c4ccc(O[C@H](N)c5c(Cl)cnc(F)c5Cl)cc34)cn2)CC1. The zero-order valence-corrected chi connectivity index (χ0v) is 21.4. The van der Waals surface area contributed by atoms with Gasteiger partial charge in [-0.05, 0) is 30.3 Å². The second-order valence-corrected chi connectivity index (χ2v) is 10.3. The van der Waals surface area contributed by atoms with Gasteiger partial charge >= 0.3 is 0 Å². The van der Waals surface area contributed by atoms with Gasteiger partial charge < -0.3 is 9.64 Å². The van der Waals surface area contributed by atoms with Crippen LogP contribution in [0, 0.1) is 5.95 Å². The molecule has 188 valence electrons. The van der Waals surface area contributed by atoms with Crippen LogP contribution < -0.4 is 15.4 Å². The first-order valence-corrected chi connectivity index (χ1v) is 13.3. The molecule has 0 saturated carbocycles. The van der Waals surface area contributed by atoms with Crippen LogP contribution in [-0.4, -0.2) is 61.1 Å². The lowest BCUT2D eigenvalue weighted by Gasteiger charge is -2.33. The van der Waals surface area contributed by atoms with Crippen LogP contribution in [0.5, 0.6) is 5.75 Å². The maximum atomic E-state index is 13.8. The van der Waals surface area contributed by atoms with E-state index in [0.717, 1.165) is 54.7 Å². The lowest BCUT2D eigenvalue weighted by molar-refractivity contribution is 0.214. The highest BCUT2D eigenvalue weighted by molar-refractivity contribution is 7.81. The van der Waals surface area contributed by atoms with Crippen LogP contribution in [0.3, 0.4) is 0 Å². The first kappa shape index (κ1) is 24.8. The van der Waals surface area contributed by atoms with Crippen LogP contribution in [0.15, 0.2) is 42.7 Å². The second-order valence-electron chi connectivity index (χ2n) is 8.19. The Morgan fingerprint density at radius 3 is 2.61 bits per heavy atom. The van der Waals surface area contributed by atoms with Crippen LogP contribution in [0.4, 0.5) is 10.2 Å². The Balaban J connectivity index is 1.36. The van der Waals surface area contributed by atoms with Crippen molar-refractivity contribution in [2.45, 2.75) is 6.23 Å². The molecule has 9 nitrogen and oxygen atoms in total. The molecule has 4 aromatic rings. The molecule has 1 saturated heterocycles. The summed E-state index contributed by atoms with van der Waals surface area (Å²) in [5.41, 5.74) is 8.56. The van der Waals surface area contributed by atoms with Crippen LogP contribution >= 0.6 is 23.2 Å². The number of hydrogen-bond acceptors (Lipinski definition) is 7. The van der Waals surface area contributed by atoms with Gasteiger partial charge in [-0.25, -0.2) is 18.5 Å². The predicted molar refractivity (Wildman–Crippen MR) is 139 cm³/mol. The number of piperazine rings is 1. The fourth-order valence-corrected chi connectivity index (χ4v) is 5.33. The van der Waals surface area contributed by atoms with Crippen molar-refractivity contribution in [2.24, 2.45) is 5.73 Å². The van der Waals surface area contributed by atoms with Gasteiger partial charge in [-0.15, -0.1) is 0 Å². The summed E-state index contributed by atoms with van der Waals surface area (Å²) in [4.78, 5) is 10.3. The number of ether oxygens (including phenoxy) is 1. The summed E-state index contributed by atoms with van der Waals surface area (Å²) in [7, 11) is -0.957. The second kappa shape index (κ2) is 10.3. The minimum atomic E-state index is -1.11. The van der Waals surface area contributed by atoms with Gasteiger partial charge in [0.2, 0.25) is 5.95 Å². The van der Waals surface area contributed by atoms with Crippen LogP contribution in [0.1, 0.15) is 11.8 Å². The quantitative estimate of drug-likeness (QED) is 0.277. The maximum Gasteiger partial charge on any atom is 0.232 e. The third-order valence-electron chi connectivity index (χ3n) is 6.00. The number of nitrogens with zero attached hydrogens (tertiary/aromatic N) is 5. The van der Waals surface area contributed by atoms with Crippen LogP contribution in [-0.2, 0) is 11.0 Å². The molecular formula is C23H22Cl2FN7O2S. The van der Waals surface area contributed by atoms with E-state index in [4.69, 9.17) is 33.7 Å². The molecule has 3 N–H and O–H groups in total. The van der Waals surface area contributed by atoms with Crippen molar-refractivity contribution in [2.75, 3.05) is 37.3 Å². The molecule has 1 aromatic carbocycles. The van der Waals surface area contributed by atoms with Gasteiger partial charge in [0.15, 0.2) is 6.23 Å². The molecule has 2 atom stereocenters. The van der Waals surface area contributed by atoms with E-state index < -0.39 is 23.2 Å². The molecule has 0 aliphatic carbocycles. The maximum absolute atomic E-state index is 13.8. The van der Waals surface area contributed by atoms with E-state index in [1.165, 1.54) is 0 Å². The minimum Gasteiger partial charge on any atom is -0.471 e. The van der Waals surface area contributed by atoms with Gasteiger partial charge in [-0.3, -0.25) is 10.8 Å². The molecule has 3 aromatic heterocycles. The smallest absolute Gasteiger partial charge is 0.232 e. The third-order valence-corrected chi connectivity index (χ3v) is 7.75. The van der Waals surface area contributed by atoms with Crippen molar-refractivity contribution in [1.82, 2.24) is 24.5 Å². The van der Waals surface area contributed by atoms with Gasteiger partial charge in [-0.2, -0.15) is 9.49 Å². The summed E-state index contributed by atoms with van der Waals surface area (Å²) in [6.45, 7) is 2.97. The molecule has 13 heteroatoms. The zero-order valence-electron chi connectivity index (χ0n) is 19.1. The molecule has 1 unspecified atom stereocenters. The highest BCUT2D eigenvalue weighted by Crippen LogP contribution is 2.34. The summed E-state index contributed by atoms with van der Waals surface area (Å²) < 4.78 is 33.3. The lowest BCUT2D eigenvalue weighted by atomic mass is 10.1. The van der Waals surface area contributed by atoms with E-state index in [2.05, 4.69) is 25.1 Å². The summed E-state index contributed by atoms with van der Waals surface area (Å²) >= 11 is 12.1. The molecular weight excluding hydrogens is 528 g/mol. The number of rotatable bonds is 6. The summed E-state index contributed by atoms with van der Waals surface area (Å²) in [6, 6.07) is 9.22. The Kier molecular flexibility index (Phi) is 7.09. The van der Waals surface area contributed by atoms with Gasteiger partial charge in [0.1, 0.15) is 22.3 Å². The topological polar surface area (TPSA) is 113 Å². The molecule has 0 spiro atoms. The molecule has 1 aliphatic rings. The van der Waals surface area contributed by atoms with Crippen molar-refractivity contribution in [3.63, 3.8) is 0 Å². The van der Waals surface area contributed by atoms with E-state index in [1.807, 2.05) is 22.5 Å². The average molecular weight is 550 g/mol. The molecule has 5 rings (SSSR count). The fraction of sp³-hybridized carbons (Fsp3) is 0.261. The van der Waals surface area contributed by atoms with Crippen molar-refractivity contribution >= 4 is 50.9 Å². The van der Waals surface area contributed by atoms with E-state index in [1.54, 1.807) is 24.6 Å². The lowest BCUT2D eigenvalue weighted by Crippen LogP contribution is -2.46. The Morgan fingerprint density at radius 1 is 1.14 bits per heavy atom.